The fraction of sp³-hybridized carbons (Fsp3) is 1.00. The van der Waals surface area contributed by atoms with E-state index < -0.39 is 0 Å². The third kappa shape index (κ3) is 2.69. The van der Waals surface area contributed by atoms with Gasteiger partial charge >= 0.3 is 0 Å². The summed E-state index contributed by atoms with van der Waals surface area (Å²) < 4.78 is 11.3. The first-order valence-corrected chi connectivity index (χ1v) is 5.76. The van der Waals surface area contributed by atoms with Crippen molar-refractivity contribution in [1.29, 1.82) is 0 Å². The third-order valence-electron chi connectivity index (χ3n) is 3.33. The molecule has 2 fully saturated rings. The Kier molecular flexibility index (Phi) is 3.79. The van der Waals surface area contributed by atoms with Gasteiger partial charge in [-0.1, -0.05) is 6.92 Å². The van der Waals surface area contributed by atoms with Crippen molar-refractivity contribution in [3.05, 3.63) is 0 Å². The Morgan fingerprint density at radius 1 is 1.43 bits per heavy atom. The van der Waals surface area contributed by atoms with E-state index in [0.29, 0.717) is 17.9 Å². The van der Waals surface area contributed by atoms with E-state index in [-0.39, 0.29) is 0 Å². The van der Waals surface area contributed by atoms with Crippen molar-refractivity contribution >= 4 is 0 Å². The molecule has 2 saturated heterocycles. The van der Waals surface area contributed by atoms with Crippen LogP contribution in [0.5, 0.6) is 0 Å². The van der Waals surface area contributed by atoms with E-state index >= 15 is 0 Å². The van der Waals surface area contributed by atoms with Crippen molar-refractivity contribution < 1.29 is 9.47 Å². The van der Waals surface area contributed by atoms with Crippen LogP contribution in [0.2, 0.25) is 0 Å². The molecule has 0 aliphatic carbocycles. The van der Waals surface area contributed by atoms with Crippen molar-refractivity contribution in [2.45, 2.75) is 25.9 Å². The molecule has 0 radical (unpaired) electrons. The van der Waals surface area contributed by atoms with Crippen molar-refractivity contribution in [2.24, 2.45) is 11.8 Å². The molecule has 3 nitrogen and oxygen atoms in total. The number of piperidine rings is 1. The summed E-state index contributed by atoms with van der Waals surface area (Å²) in [6.07, 6.45) is 2.84. The van der Waals surface area contributed by atoms with E-state index in [4.69, 9.17) is 9.47 Å². The van der Waals surface area contributed by atoms with Crippen LogP contribution in [0, 0.1) is 11.8 Å². The summed E-state index contributed by atoms with van der Waals surface area (Å²) >= 11 is 0. The summed E-state index contributed by atoms with van der Waals surface area (Å²) in [4.78, 5) is 0. The van der Waals surface area contributed by atoms with Crippen molar-refractivity contribution in [3.63, 3.8) is 0 Å². The van der Waals surface area contributed by atoms with Crippen LogP contribution in [0.25, 0.3) is 0 Å². The quantitative estimate of drug-likeness (QED) is 0.736. The number of hydrogen-bond donors (Lipinski definition) is 1. The van der Waals surface area contributed by atoms with E-state index in [1.54, 1.807) is 0 Å². The van der Waals surface area contributed by atoms with Crippen LogP contribution in [0.15, 0.2) is 0 Å². The van der Waals surface area contributed by atoms with Crippen LogP contribution < -0.4 is 5.32 Å². The topological polar surface area (TPSA) is 30.5 Å². The van der Waals surface area contributed by atoms with Crippen molar-refractivity contribution in [2.75, 3.05) is 32.9 Å². The maximum Gasteiger partial charge on any atom is 0.0725 e. The molecule has 0 aromatic rings. The second-order valence-electron chi connectivity index (χ2n) is 4.57. The Morgan fingerprint density at radius 3 is 3.07 bits per heavy atom. The Morgan fingerprint density at radius 2 is 2.36 bits per heavy atom. The standard InChI is InChI=1S/C11H21NO2/c1-9-2-4-12-6-11(9)14-8-10-3-5-13-7-10/h9-12H,2-8H2,1H3. The molecular weight excluding hydrogens is 178 g/mol. The van der Waals surface area contributed by atoms with Gasteiger partial charge in [-0.25, -0.2) is 0 Å². The van der Waals surface area contributed by atoms with Crippen LogP contribution >= 0.6 is 0 Å². The van der Waals surface area contributed by atoms with Crippen LogP contribution in [0.4, 0.5) is 0 Å². The summed E-state index contributed by atoms with van der Waals surface area (Å²) in [5.74, 6) is 1.35. The van der Waals surface area contributed by atoms with Gasteiger partial charge in [-0.3, -0.25) is 0 Å². The average Bonchev–Trinajstić information content (AvgIpc) is 2.69. The number of hydrogen-bond acceptors (Lipinski definition) is 3. The zero-order valence-corrected chi connectivity index (χ0v) is 9.00. The fourth-order valence-corrected chi connectivity index (χ4v) is 2.16. The largest absolute Gasteiger partial charge is 0.381 e. The fourth-order valence-electron chi connectivity index (χ4n) is 2.16. The lowest BCUT2D eigenvalue weighted by Crippen LogP contribution is -2.41. The minimum Gasteiger partial charge on any atom is -0.381 e. The third-order valence-corrected chi connectivity index (χ3v) is 3.33. The summed E-state index contributed by atoms with van der Waals surface area (Å²) in [5.41, 5.74) is 0. The summed E-state index contributed by atoms with van der Waals surface area (Å²) in [5, 5.41) is 3.38. The molecule has 3 heteroatoms. The molecule has 2 aliphatic rings. The van der Waals surface area contributed by atoms with E-state index in [0.717, 1.165) is 32.9 Å². The molecule has 3 atom stereocenters. The van der Waals surface area contributed by atoms with Gasteiger partial charge < -0.3 is 14.8 Å². The highest BCUT2D eigenvalue weighted by Crippen LogP contribution is 2.18. The molecule has 2 heterocycles. The lowest BCUT2D eigenvalue weighted by atomic mass is 9.97. The van der Waals surface area contributed by atoms with Gasteiger partial charge in [0.15, 0.2) is 0 Å². The summed E-state index contributed by atoms with van der Waals surface area (Å²) in [6, 6.07) is 0. The predicted molar refractivity (Wildman–Crippen MR) is 55.3 cm³/mol. The van der Waals surface area contributed by atoms with Gasteiger partial charge in [0, 0.05) is 19.1 Å². The van der Waals surface area contributed by atoms with Gasteiger partial charge in [0.05, 0.1) is 19.3 Å². The highest BCUT2D eigenvalue weighted by Gasteiger charge is 2.24. The minimum absolute atomic E-state index is 0.421. The SMILES string of the molecule is CC1CCNCC1OCC1CCOC1. The Balaban J connectivity index is 1.67. The summed E-state index contributed by atoms with van der Waals surface area (Å²) in [7, 11) is 0. The molecule has 0 aromatic carbocycles. The monoisotopic (exact) mass is 199 g/mol. The maximum absolute atomic E-state index is 5.94. The Bertz CT molecular complexity index is 169. The smallest absolute Gasteiger partial charge is 0.0725 e. The van der Waals surface area contributed by atoms with Gasteiger partial charge in [0.1, 0.15) is 0 Å². The Hall–Kier alpha value is -0.120. The van der Waals surface area contributed by atoms with Gasteiger partial charge in [-0.15, -0.1) is 0 Å². The van der Waals surface area contributed by atoms with Gasteiger partial charge in [0.25, 0.3) is 0 Å². The van der Waals surface area contributed by atoms with E-state index in [1.807, 2.05) is 0 Å². The zero-order chi connectivity index (χ0) is 9.80. The molecule has 0 spiro atoms. The highest BCUT2D eigenvalue weighted by molar-refractivity contribution is 4.76. The van der Waals surface area contributed by atoms with Crippen LogP contribution in [0.3, 0.4) is 0 Å². The van der Waals surface area contributed by atoms with Crippen LogP contribution in [0.1, 0.15) is 19.8 Å². The van der Waals surface area contributed by atoms with Crippen molar-refractivity contribution in [1.82, 2.24) is 5.32 Å². The molecule has 1 N–H and O–H groups in total. The predicted octanol–water partition coefficient (Wildman–Crippen LogP) is 1.04. The van der Waals surface area contributed by atoms with Gasteiger partial charge in [-0.05, 0) is 25.3 Å². The molecule has 82 valence electrons. The average molecular weight is 199 g/mol. The van der Waals surface area contributed by atoms with E-state index in [2.05, 4.69) is 12.2 Å². The number of rotatable bonds is 3. The zero-order valence-electron chi connectivity index (χ0n) is 9.00. The first-order valence-electron chi connectivity index (χ1n) is 5.76. The lowest BCUT2D eigenvalue weighted by Gasteiger charge is -2.30. The van der Waals surface area contributed by atoms with Crippen LogP contribution in [-0.2, 0) is 9.47 Å². The number of nitrogens with one attached hydrogen (secondary N) is 1. The number of ether oxygens (including phenoxy) is 2. The molecule has 0 bridgehead atoms. The summed E-state index contributed by atoms with van der Waals surface area (Å²) in [6.45, 7) is 7.16. The Labute approximate surface area is 86.2 Å². The highest BCUT2D eigenvalue weighted by atomic mass is 16.5. The first kappa shape index (κ1) is 10.4. The minimum atomic E-state index is 0.421. The van der Waals surface area contributed by atoms with Gasteiger partial charge in [-0.2, -0.15) is 0 Å². The maximum atomic E-state index is 5.94. The molecule has 14 heavy (non-hydrogen) atoms. The molecule has 0 amide bonds. The molecular formula is C11H21NO2. The first-order chi connectivity index (χ1) is 6.86. The molecule has 2 rings (SSSR count). The lowest BCUT2D eigenvalue weighted by molar-refractivity contribution is -0.0146. The molecule has 0 saturated carbocycles. The molecule has 2 aliphatic heterocycles. The van der Waals surface area contributed by atoms with E-state index in [1.165, 1.54) is 12.8 Å². The normalized spacial score (nSPS) is 38.8. The second kappa shape index (κ2) is 5.10. The van der Waals surface area contributed by atoms with Crippen LogP contribution in [-0.4, -0.2) is 39.0 Å². The van der Waals surface area contributed by atoms with Crippen molar-refractivity contribution in [3.8, 4) is 0 Å². The molecule has 3 unspecified atom stereocenters. The second-order valence-corrected chi connectivity index (χ2v) is 4.57. The van der Waals surface area contributed by atoms with E-state index in [9.17, 15) is 0 Å². The molecule has 0 aromatic heterocycles. The van der Waals surface area contributed by atoms with Gasteiger partial charge in [0.2, 0.25) is 0 Å².